The van der Waals surface area contributed by atoms with Crippen LogP contribution in [0.3, 0.4) is 0 Å². The number of furan rings is 1. The summed E-state index contributed by atoms with van der Waals surface area (Å²) in [6, 6.07) is 7.90. The number of nitrogens with zero attached hydrogens (tertiary/aromatic N) is 3. The van der Waals surface area contributed by atoms with Crippen LogP contribution in [0.4, 0.5) is 11.5 Å². The van der Waals surface area contributed by atoms with Gasteiger partial charge in [0, 0.05) is 0 Å². The zero-order chi connectivity index (χ0) is 18.8. The van der Waals surface area contributed by atoms with Crippen LogP contribution in [-0.2, 0) is 6.54 Å². The van der Waals surface area contributed by atoms with Gasteiger partial charge in [0.1, 0.15) is 16.8 Å². The van der Waals surface area contributed by atoms with E-state index in [0.29, 0.717) is 15.8 Å². The van der Waals surface area contributed by atoms with E-state index < -0.39 is 10.8 Å². The molecule has 11 heteroatoms. The number of aromatic nitrogens is 2. The Hall–Kier alpha value is -2.36. The first-order valence-corrected chi connectivity index (χ1v) is 8.61. The zero-order valence-electron chi connectivity index (χ0n) is 12.8. The number of nitro groups is 1. The Kier molecular flexibility index (Phi) is 5.30. The number of nitrogens with one attached hydrogen (secondary N) is 1. The van der Waals surface area contributed by atoms with E-state index in [9.17, 15) is 14.9 Å². The zero-order valence-corrected chi connectivity index (χ0v) is 15.9. The van der Waals surface area contributed by atoms with Crippen molar-refractivity contribution in [2.24, 2.45) is 0 Å². The maximum Gasteiger partial charge on any atom is 0.404 e. The van der Waals surface area contributed by atoms with Crippen LogP contribution in [-0.4, -0.2) is 20.6 Å². The number of hydrogen-bond acceptors (Lipinski definition) is 5. The van der Waals surface area contributed by atoms with Gasteiger partial charge in [-0.15, -0.1) is 0 Å². The molecule has 0 bridgehead atoms. The molecule has 0 spiro atoms. The Morgan fingerprint density at radius 2 is 2.00 bits per heavy atom. The molecule has 1 aromatic carbocycles. The van der Waals surface area contributed by atoms with E-state index in [0.717, 1.165) is 0 Å². The first kappa shape index (κ1) is 18.4. The van der Waals surface area contributed by atoms with Crippen molar-refractivity contribution in [2.75, 3.05) is 5.32 Å². The molecule has 0 aliphatic rings. The summed E-state index contributed by atoms with van der Waals surface area (Å²) in [6.45, 7) is 0.118. The number of carbonyl (C=O) groups is 1. The van der Waals surface area contributed by atoms with Gasteiger partial charge >= 0.3 is 5.82 Å². The molecular formula is C15H9BrCl2N4O4. The standard InChI is InChI=1S/C15H9BrCl2N4O4/c16-9-7-21(20-14(9)22(24)25)6-8-4-5-12(26-8)15(23)19-13-10(17)2-1-3-11(13)18/h1-5,7H,6H2,(H,19,23). The monoisotopic (exact) mass is 458 g/mol. The summed E-state index contributed by atoms with van der Waals surface area (Å²) in [5.41, 5.74) is 0.283. The van der Waals surface area contributed by atoms with Crippen LogP contribution < -0.4 is 5.32 Å². The minimum atomic E-state index is -0.602. The fourth-order valence-electron chi connectivity index (χ4n) is 2.13. The highest BCUT2D eigenvalue weighted by atomic mass is 79.9. The molecule has 2 heterocycles. The first-order valence-electron chi connectivity index (χ1n) is 7.06. The molecule has 134 valence electrons. The van der Waals surface area contributed by atoms with E-state index in [1.54, 1.807) is 24.3 Å². The molecule has 0 fully saturated rings. The Labute approximate surface area is 165 Å². The summed E-state index contributed by atoms with van der Waals surface area (Å²) in [4.78, 5) is 22.5. The predicted octanol–water partition coefficient (Wildman–Crippen LogP) is 4.75. The van der Waals surface area contributed by atoms with Crippen molar-refractivity contribution in [3.8, 4) is 0 Å². The average Bonchev–Trinajstić information content (AvgIpc) is 3.18. The SMILES string of the molecule is O=C(Nc1c(Cl)cccc1Cl)c1ccc(Cn2cc(Br)c([N+](=O)[O-])n2)o1. The highest BCUT2D eigenvalue weighted by Gasteiger charge is 2.20. The van der Waals surface area contributed by atoms with E-state index in [1.165, 1.54) is 16.9 Å². The molecule has 3 aromatic rings. The second-order valence-electron chi connectivity index (χ2n) is 5.07. The number of rotatable bonds is 5. The summed E-state index contributed by atoms with van der Waals surface area (Å²) in [7, 11) is 0. The van der Waals surface area contributed by atoms with Crippen molar-refractivity contribution >= 4 is 56.5 Å². The number of anilines is 1. The van der Waals surface area contributed by atoms with Crippen molar-refractivity contribution in [2.45, 2.75) is 6.54 Å². The minimum absolute atomic E-state index is 0.0386. The minimum Gasteiger partial charge on any atom is -0.454 e. The first-order chi connectivity index (χ1) is 12.3. The fraction of sp³-hybridized carbons (Fsp3) is 0.0667. The molecule has 0 radical (unpaired) electrons. The Bertz CT molecular complexity index is 981. The van der Waals surface area contributed by atoms with Gasteiger partial charge < -0.3 is 19.8 Å². The normalized spacial score (nSPS) is 10.7. The Morgan fingerprint density at radius 1 is 1.31 bits per heavy atom. The molecule has 0 saturated carbocycles. The predicted molar refractivity (Wildman–Crippen MR) is 98.8 cm³/mol. The lowest BCUT2D eigenvalue weighted by Crippen LogP contribution is -2.11. The van der Waals surface area contributed by atoms with Crippen LogP contribution >= 0.6 is 39.1 Å². The fourth-order valence-corrected chi connectivity index (χ4v) is 3.08. The van der Waals surface area contributed by atoms with E-state index in [2.05, 4.69) is 26.3 Å². The van der Waals surface area contributed by atoms with Gasteiger partial charge in [0.2, 0.25) is 0 Å². The topological polar surface area (TPSA) is 103 Å². The molecule has 0 unspecified atom stereocenters. The molecule has 0 atom stereocenters. The molecule has 1 amide bonds. The van der Waals surface area contributed by atoms with Crippen LogP contribution in [0.1, 0.15) is 16.3 Å². The summed E-state index contributed by atoms with van der Waals surface area (Å²) in [5.74, 6) is -0.399. The van der Waals surface area contributed by atoms with E-state index in [4.69, 9.17) is 27.6 Å². The third-order valence-electron chi connectivity index (χ3n) is 3.28. The summed E-state index contributed by atoms with van der Waals surface area (Å²) >= 11 is 15.1. The quantitative estimate of drug-likeness (QED) is 0.437. The highest BCUT2D eigenvalue weighted by molar-refractivity contribution is 9.10. The van der Waals surface area contributed by atoms with Crippen molar-refractivity contribution in [1.29, 1.82) is 0 Å². The van der Waals surface area contributed by atoms with Gasteiger partial charge in [-0.25, -0.2) is 0 Å². The van der Waals surface area contributed by atoms with Crippen molar-refractivity contribution in [3.05, 3.63) is 72.7 Å². The van der Waals surface area contributed by atoms with Gasteiger partial charge in [-0.1, -0.05) is 29.3 Å². The van der Waals surface area contributed by atoms with Crippen LogP contribution in [0.5, 0.6) is 0 Å². The van der Waals surface area contributed by atoms with Gasteiger partial charge in [-0.05, 0) is 45.1 Å². The number of amides is 1. The lowest BCUT2D eigenvalue weighted by Gasteiger charge is -2.07. The van der Waals surface area contributed by atoms with Crippen LogP contribution in [0, 0.1) is 10.1 Å². The second kappa shape index (κ2) is 7.48. The van der Waals surface area contributed by atoms with Crippen molar-refractivity contribution in [3.63, 3.8) is 0 Å². The summed E-state index contributed by atoms with van der Waals surface area (Å²) < 4.78 is 7.04. The average molecular weight is 460 g/mol. The van der Waals surface area contributed by atoms with E-state index >= 15 is 0 Å². The number of para-hydroxylation sites is 1. The Morgan fingerprint density at radius 3 is 2.62 bits per heavy atom. The van der Waals surface area contributed by atoms with Crippen LogP contribution in [0.15, 0.2) is 45.4 Å². The van der Waals surface area contributed by atoms with Crippen molar-refractivity contribution in [1.82, 2.24) is 9.78 Å². The molecule has 26 heavy (non-hydrogen) atoms. The largest absolute Gasteiger partial charge is 0.454 e. The highest BCUT2D eigenvalue weighted by Crippen LogP contribution is 2.30. The lowest BCUT2D eigenvalue weighted by atomic mass is 10.3. The Balaban J connectivity index is 1.74. The van der Waals surface area contributed by atoms with Gasteiger partial charge in [-0.3, -0.25) is 4.79 Å². The molecule has 0 saturated heterocycles. The van der Waals surface area contributed by atoms with Crippen LogP contribution in [0.2, 0.25) is 10.0 Å². The molecule has 2 aromatic heterocycles. The van der Waals surface area contributed by atoms with Crippen molar-refractivity contribution < 1.29 is 14.1 Å². The lowest BCUT2D eigenvalue weighted by molar-refractivity contribution is -0.390. The number of halogens is 3. The molecule has 0 aliphatic carbocycles. The van der Waals surface area contributed by atoms with E-state index in [1.807, 2.05) is 0 Å². The summed E-state index contributed by atoms with van der Waals surface area (Å²) in [6.07, 6.45) is 1.45. The van der Waals surface area contributed by atoms with Gasteiger partial charge in [0.15, 0.2) is 5.76 Å². The van der Waals surface area contributed by atoms with Crippen LogP contribution in [0.25, 0.3) is 0 Å². The molecule has 0 aliphatic heterocycles. The van der Waals surface area contributed by atoms with Gasteiger partial charge in [0.25, 0.3) is 5.91 Å². The number of benzene rings is 1. The third-order valence-corrected chi connectivity index (χ3v) is 4.47. The number of carbonyl (C=O) groups excluding carboxylic acids is 1. The molecule has 1 N–H and O–H groups in total. The van der Waals surface area contributed by atoms with Gasteiger partial charge in [0.05, 0.1) is 27.0 Å². The molecule has 3 rings (SSSR count). The molecule has 8 nitrogen and oxygen atoms in total. The molecular weight excluding hydrogens is 451 g/mol. The number of hydrogen-bond donors (Lipinski definition) is 1. The second-order valence-corrected chi connectivity index (χ2v) is 6.74. The maximum absolute atomic E-state index is 12.3. The third kappa shape index (κ3) is 3.90. The smallest absolute Gasteiger partial charge is 0.404 e. The summed E-state index contributed by atoms with van der Waals surface area (Å²) in [5, 5.41) is 17.8. The maximum atomic E-state index is 12.3. The van der Waals surface area contributed by atoms with Gasteiger partial charge in [-0.2, -0.15) is 4.68 Å². The van der Waals surface area contributed by atoms with E-state index in [-0.39, 0.29) is 28.3 Å².